The van der Waals surface area contributed by atoms with Crippen LogP contribution in [0.2, 0.25) is 0 Å². The van der Waals surface area contributed by atoms with Crippen molar-refractivity contribution in [1.29, 1.82) is 0 Å². The predicted molar refractivity (Wildman–Crippen MR) is 79.2 cm³/mol. The third-order valence-corrected chi connectivity index (χ3v) is 2.77. The molecule has 0 saturated heterocycles. The van der Waals surface area contributed by atoms with Crippen molar-refractivity contribution in [2.75, 3.05) is 27.3 Å². The third kappa shape index (κ3) is 5.48. The van der Waals surface area contributed by atoms with Crippen LogP contribution in [0.5, 0.6) is 11.5 Å². The molecule has 5 nitrogen and oxygen atoms in total. The molecule has 0 bridgehead atoms. The van der Waals surface area contributed by atoms with Crippen molar-refractivity contribution >= 4 is 5.91 Å². The molecule has 0 aromatic heterocycles. The summed E-state index contributed by atoms with van der Waals surface area (Å²) >= 11 is 0. The van der Waals surface area contributed by atoms with Gasteiger partial charge in [0, 0.05) is 20.0 Å². The van der Waals surface area contributed by atoms with E-state index in [0.29, 0.717) is 26.1 Å². The summed E-state index contributed by atoms with van der Waals surface area (Å²) in [5.74, 6) is 1.51. The maximum absolute atomic E-state index is 11.1. The lowest BCUT2D eigenvalue weighted by Gasteiger charge is -2.13. The second kappa shape index (κ2) is 9.20. The van der Waals surface area contributed by atoms with Gasteiger partial charge in [-0.05, 0) is 38.1 Å². The minimum Gasteiger partial charge on any atom is -0.490 e. The Balaban J connectivity index is 2.56. The minimum atomic E-state index is 0.0306. The number of carbonyl (C=O) groups excluding carboxylic acids is 1. The van der Waals surface area contributed by atoms with Gasteiger partial charge in [0.05, 0.1) is 13.2 Å². The normalized spacial score (nSPS) is 10.2. The van der Waals surface area contributed by atoms with E-state index in [1.54, 1.807) is 7.05 Å². The average Bonchev–Trinajstić information content (AvgIpc) is 2.45. The molecule has 0 aliphatic heterocycles. The fourth-order valence-corrected chi connectivity index (χ4v) is 1.79. The molecule has 0 heterocycles. The van der Waals surface area contributed by atoms with Crippen molar-refractivity contribution in [3.8, 4) is 11.5 Å². The second-order valence-corrected chi connectivity index (χ2v) is 4.37. The summed E-state index contributed by atoms with van der Waals surface area (Å²) in [6, 6.07) is 5.90. The molecule has 5 heteroatoms. The molecule has 20 heavy (non-hydrogen) atoms. The van der Waals surface area contributed by atoms with Gasteiger partial charge in [0.2, 0.25) is 5.91 Å². The van der Waals surface area contributed by atoms with E-state index < -0.39 is 0 Å². The van der Waals surface area contributed by atoms with Gasteiger partial charge in [-0.1, -0.05) is 6.07 Å². The van der Waals surface area contributed by atoms with Crippen molar-refractivity contribution in [3.05, 3.63) is 23.8 Å². The summed E-state index contributed by atoms with van der Waals surface area (Å²) in [7, 11) is 3.54. The maximum atomic E-state index is 11.1. The van der Waals surface area contributed by atoms with Crippen LogP contribution in [0, 0.1) is 0 Å². The molecule has 112 valence electrons. The Morgan fingerprint density at radius 1 is 1.20 bits per heavy atom. The summed E-state index contributed by atoms with van der Waals surface area (Å²) in [4.78, 5) is 11.1. The summed E-state index contributed by atoms with van der Waals surface area (Å²) in [5, 5.41) is 5.69. The van der Waals surface area contributed by atoms with Gasteiger partial charge in [-0.25, -0.2) is 0 Å². The van der Waals surface area contributed by atoms with E-state index in [-0.39, 0.29) is 5.91 Å². The van der Waals surface area contributed by atoms with Crippen LogP contribution in [0.3, 0.4) is 0 Å². The molecule has 0 unspecified atom stereocenters. The highest BCUT2D eigenvalue weighted by Gasteiger charge is 2.07. The molecule has 1 aromatic rings. The van der Waals surface area contributed by atoms with Crippen LogP contribution in [0.15, 0.2) is 18.2 Å². The molecule has 1 rings (SSSR count). The number of hydrogen-bond acceptors (Lipinski definition) is 4. The molecule has 0 atom stereocenters. The lowest BCUT2D eigenvalue weighted by molar-refractivity contribution is -0.120. The van der Waals surface area contributed by atoms with Gasteiger partial charge in [-0.2, -0.15) is 0 Å². The first-order chi connectivity index (χ1) is 9.71. The highest BCUT2D eigenvalue weighted by Crippen LogP contribution is 2.28. The molecule has 0 spiro atoms. The van der Waals surface area contributed by atoms with Crippen LogP contribution in [0.4, 0.5) is 0 Å². The number of amides is 1. The van der Waals surface area contributed by atoms with Gasteiger partial charge in [-0.3, -0.25) is 4.79 Å². The Kier molecular flexibility index (Phi) is 7.50. The molecule has 0 fully saturated rings. The number of hydrogen-bond donors (Lipinski definition) is 2. The molecule has 2 N–H and O–H groups in total. The van der Waals surface area contributed by atoms with Crippen molar-refractivity contribution in [3.63, 3.8) is 0 Å². The smallest absolute Gasteiger partial charge is 0.219 e. The maximum Gasteiger partial charge on any atom is 0.219 e. The van der Waals surface area contributed by atoms with E-state index in [4.69, 9.17) is 9.47 Å². The number of ether oxygens (including phenoxy) is 2. The van der Waals surface area contributed by atoms with Crippen LogP contribution < -0.4 is 20.1 Å². The fourth-order valence-electron chi connectivity index (χ4n) is 1.79. The lowest BCUT2D eigenvalue weighted by atomic mass is 10.2. The Hall–Kier alpha value is -1.75. The molecular weight excluding hydrogens is 256 g/mol. The van der Waals surface area contributed by atoms with Crippen LogP contribution in [0.1, 0.15) is 25.3 Å². The number of benzene rings is 1. The van der Waals surface area contributed by atoms with Crippen molar-refractivity contribution < 1.29 is 14.3 Å². The minimum absolute atomic E-state index is 0.0306. The largest absolute Gasteiger partial charge is 0.490 e. The van der Waals surface area contributed by atoms with E-state index in [9.17, 15) is 4.79 Å². The molecule has 0 aliphatic rings. The van der Waals surface area contributed by atoms with Crippen LogP contribution in [-0.4, -0.2) is 33.2 Å². The van der Waals surface area contributed by atoms with Crippen molar-refractivity contribution in [2.45, 2.75) is 26.3 Å². The third-order valence-electron chi connectivity index (χ3n) is 2.77. The Labute approximate surface area is 120 Å². The predicted octanol–water partition coefficient (Wildman–Crippen LogP) is 1.71. The van der Waals surface area contributed by atoms with Gasteiger partial charge < -0.3 is 20.1 Å². The molecule has 0 saturated carbocycles. The van der Waals surface area contributed by atoms with Crippen LogP contribution >= 0.6 is 0 Å². The SMILES string of the molecule is CCOc1cc(CNC)ccc1OCCCC(=O)NC. The van der Waals surface area contributed by atoms with Gasteiger partial charge in [-0.15, -0.1) is 0 Å². The topological polar surface area (TPSA) is 59.6 Å². The Morgan fingerprint density at radius 2 is 2.00 bits per heavy atom. The Morgan fingerprint density at radius 3 is 2.65 bits per heavy atom. The monoisotopic (exact) mass is 280 g/mol. The second-order valence-electron chi connectivity index (χ2n) is 4.37. The summed E-state index contributed by atoms with van der Waals surface area (Å²) < 4.78 is 11.3. The van der Waals surface area contributed by atoms with E-state index >= 15 is 0 Å². The van der Waals surface area contributed by atoms with Gasteiger partial charge in [0.15, 0.2) is 11.5 Å². The number of carbonyl (C=O) groups is 1. The standard InChI is InChI=1S/C15H24N2O3/c1-4-19-14-10-12(11-16-2)7-8-13(14)20-9-5-6-15(18)17-3/h7-8,10,16H,4-6,9,11H2,1-3H3,(H,17,18). The lowest BCUT2D eigenvalue weighted by Crippen LogP contribution is -2.18. The summed E-state index contributed by atoms with van der Waals surface area (Å²) in [6.07, 6.45) is 1.15. The highest BCUT2D eigenvalue weighted by atomic mass is 16.5. The zero-order chi connectivity index (χ0) is 14.8. The first kappa shape index (κ1) is 16.3. The van der Waals surface area contributed by atoms with Crippen molar-refractivity contribution in [2.24, 2.45) is 0 Å². The first-order valence-electron chi connectivity index (χ1n) is 6.95. The number of rotatable bonds is 9. The first-order valence-corrected chi connectivity index (χ1v) is 6.95. The fraction of sp³-hybridized carbons (Fsp3) is 0.533. The zero-order valence-electron chi connectivity index (χ0n) is 12.5. The molecule has 1 aromatic carbocycles. The molecule has 0 aliphatic carbocycles. The Bertz CT molecular complexity index is 422. The van der Waals surface area contributed by atoms with Crippen LogP contribution in [0.25, 0.3) is 0 Å². The van der Waals surface area contributed by atoms with Gasteiger partial charge in [0.1, 0.15) is 0 Å². The van der Waals surface area contributed by atoms with E-state index in [2.05, 4.69) is 10.6 Å². The molecule has 0 radical (unpaired) electrons. The van der Waals surface area contributed by atoms with Crippen LogP contribution in [-0.2, 0) is 11.3 Å². The van der Waals surface area contributed by atoms with E-state index in [0.717, 1.165) is 23.6 Å². The van der Waals surface area contributed by atoms with Crippen molar-refractivity contribution in [1.82, 2.24) is 10.6 Å². The quantitative estimate of drug-likeness (QED) is 0.676. The van der Waals surface area contributed by atoms with E-state index in [1.165, 1.54) is 0 Å². The summed E-state index contributed by atoms with van der Waals surface area (Å²) in [6.45, 7) is 3.83. The summed E-state index contributed by atoms with van der Waals surface area (Å²) in [5.41, 5.74) is 1.15. The number of nitrogens with one attached hydrogen (secondary N) is 2. The highest BCUT2D eigenvalue weighted by molar-refractivity contribution is 5.75. The van der Waals surface area contributed by atoms with Gasteiger partial charge >= 0.3 is 0 Å². The zero-order valence-corrected chi connectivity index (χ0v) is 12.5. The average molecular weight is 280 g/mol. The van der Waals surface area contributed by atoms with E-state index in [1.807, 2.05) is 32.2 Å². The molecule has 1 amide bonds. The molecular formula is C15H24N2O3. The van der Waals surface area contributed by atoms with Gasteiger partial charge in [0.25, 0.3) is 0 Å².